The van der Waals surface area contributed by atoms with Crippen LogP contribution in [-0.2, 0) is 14.3 Å². The van der Waals surface area contributed by atoms with Crippen molar-refractivity contribution in [1.29, 1.82) is 0 Å². The molecule has 3 N–H and O–H groups in total. The first-order chi connectivity index (χ1) is 6.74. The Kier molecular flexibility index (Phi) is 4.86. The molecule has 5 nitrogen and oxygen atoms in total. The minimum absolute atomic E-state index is 0.140. The second-order valence-electron chi connectivity index (χ2n) is 3.46. The smallest absolute Gasteiger partial charge is 0.239 e. The van der Waals surface area contributed by atoms with Gasteiger partial charge in [-0.2, -0.15) is 0 Å². The Morgan fingerprint density at radius 1 is 1.64 bits per heavy atom. The second kappa shape index (κ2) is 5.95. The number of hydrogen-bond donors (Lipinski definition) is 2. The standard InChI is InChI=1S/C9H18N2O3/c1-13-6-8(10)9(12)11-7-2-4-14-5-3-7/h7-8H,2-6,10H2,1H3,(H,11,12). The molecule has 1 amide bonds. The molecule has 0 aromatic carbocycles. The largest absolute Gasteiger partial charge is 0.383 e. The van der Waals surface area contributed by atoms with Gasteiger partial charge < -0.3 is 20.5 Å². The van der Waals surface area contributed by atoms with Gasteiger partial charge in [-0.15, -0.1) is 0 Å². The number of carbonyl (C=O) groups is 1. The first kappa shape index (κ1) is 11.4. The Morgan fingerprint density at radius 3 is 2.86 bits per heavy atom. The molecule has 0 bridgehead atoms. The average Bonchev–Trinajstić information content (AvgIpc) is 2.19. The molecular formula is C9H18N2O3. The number of ether oxygens (including phenoxy) is 2. The van der Waals surface area contributed by atoms with Crippen LogP contribution in [0.1, 0.15) is 12.8 Å². The van der Waals surface area contributed by atoms with Crippen LogP contribution in [0.5, 0.6) is 0 Å². The Bertz CT molecular complexity index is 181. The third-order valence-electron chi connectivity index (χ3n) is 2.25. The van der Waals surface area contributed by atoms with Crippen LogP contribution in [0.4, 0.5) is 0 Å². The highest BCUT2D eigenvalue weighted by atomic mass is 16.5. The van der Waals surface area contributed by atoms with Crippen molar-refractivity contribution in [2.75, 3.05) is 26.9 Å². The minimum Gasteiger partial charge on any atom is -0.383 e. The van der Waals surface area contributed by atoms with E-state index in [-0.39, 0.29) is 18.6 Å². The van der Waals surface area contributed by atoms with Crippen LogP contribution in [0.3, 0.4) is 0 Å². The SMILES string of the molecule is COCC(N)C(=O)NC1CCOCC1. The van der Waals surface area contributed by atoms with E-state index in [2.05, 4.69) is 5.32 Å². The van der Waals surface area contributed by atoms with E-state index in [0.29, 0.717) is 13.2 Å². The summed E-state index contributed by atoms with van der Waals surface area (Å²) in [6.07, 6.45) is 1.73. The lowest BCUT2D eigenvalue weighted by atomic mass is 10.1. The number of rotatable bonds is 4. The van der Waals surface area contributed by atoms with Gasteiger partial charge in [0, 0.05) is 26.4 Å². The summed E-state index contributed by atoms with van der Waals surface area (Å²) in [4.78, 5) is 11.4. The second-order valence-corrected chi connectivity index (χ2v) is 3.46. The summed E-state index contributed by atoms with van der Waals surface area (Å²) in [5, 5.41) is 2.88. The molecule has 1 heterocycles. The van der Waals surface area contributed by atoms with E-state index in [1.54, 1.807) is 0 Å². The summed E-state index contributed by atoms with van der Waals surface area (Å²) in [5.74, 6) is -0.140. The molecule has 0 aliphatic carbocycles. The zero-order valence-electron chi connectivity index (χ0n) is 8.49. The zero-order valence-corrected chi connectivity index (χ0v) is 8.49. The Balaban J connectivity index is 2.24. The molecule has 0 radical (unpaired) electrons. The maximum Gasteiger partial charge on any atom is 0.239 e. The molecule has 14 heavy (non-hydrogen) atoms. The van der Waals surface area contributed by atoms with E-state index in [0.717, 1.165) is 12.8 Å². The summed E-state index contributed by atoms with van der Waals surface area (Å²) < 4.78 is 9.99. The van der Waals surface area contributed by atoms with Crippen LogP contribution in [-0.4, -0.2) is 44.9 Å². The third kappa shape index (κ3) is 3.61. The van der Waals surface area contributed by atoms with E-state index in [4.69, 9.17) is 15.2 Å². The van der Waals surface area contributed by atoms with Gasteiger partial charge in [-0.25, -0.2) is 0 Å². The van der Waals surface area contributed by atoms with Gasteiger partial charge in [-0.1, -0.05) is 0 Å². The molecule has 1 rings (SSSR count). The fraction of sp³-hybridized carbons (Fsp3) is 0.889. The van der Waals surface area contributed by atoms with Crippen molar-refractivity contribution in [2.45, 2.75) is 24.9 Å². The summed E-state index contributed by atoms with van der Waals surface area (Å²) >= 11 is 0. The summed E-state index contributed by atoms with van der Waals surface area (Å²) in [5.41, 5.74) is 5.58. The predicted molar refractivity (Wildman–Crippen MR) is 51.8 cm³/mol. The maximum atomic E-state index is 11.4. The monoisotopic (exact) mass is 202 g/mol. The van der Waals surface area contributed by atoms with Gasteiger partial charge in [-0.05, 0) is 12.8 Å². The van der Waals surface area contributed by atoms with Crippen LogP contribution in [0.2, 0.25) is 0 Å². The van der Waals surface area contributed by atoms with Crippen molar-refractivity contribution in [3.05, 3.63) is 0 Å². The molecule has 1 saturated heterocycles. The molecule has 0 spiro atoms. The quantitative estimate of drug-likeness (QED) is 0.629. The molecule has 82 valence electrons. The lowest BCUT2D eigenvalue weighted by Crippen LogP contribution is -2.48. The number of methoxy groups -OCH3 is 1. The molecule has 1 unspecified atom stereocenters. The molecule has 0 saturated carbocycles. The van der Waals surface area contributed by atoms with E-state index in [1.165, 1.54) is 7.11 Å². The van der Waals surface area contributed by atoms with Gasteiger partial charge in [0.15, 0.2) is 0 Å². The lowest BCUT2D eigenvalue weighted by molar-refractivity contribution is -0.124. The Hall–Kier alpha value is -0.650. The van der Waals surface area contributed by atoms with Crippen LogP contribution in [0.15, 0.2) is 0 Å². The highest BCUT2D eigenvalue weighted by Crippen LogP contribution is 2.05. The topological polar surface area (TPSA) is 73.6 Å². The first-order valence-corrected chi connectivity index (χ1v) is 4.86. The molecule has 1 fully saturated rings. The van der Waals surface area contributed by atoms with Gasteiger partial charge in [-0.3, -0.25) is 4.79 Å². The van der Waals surface area contributed by atoms with E-state index in [9.17, 15) is 4.79 Å². The van der Waals surface area contributed by atoms with E-state index in [1.807, 2.05) is 0 Å². The fourth-order valence-corrected chi connectivity index (χ4v) is 1.41. The number of nitrogens with one attached hydrogen (secondary N) is 1. The molecule has 5 heteroatoms. The number of carbonyl (C=O) groups excluding carboxylic acids is 1. The molecule has 0 aromatic heterocycles. The van der Waals surface area contributed by atoms with Crippen LogP contribution < -0.4 is 11.1 Å². The average molecular weight is 202 g/mol. The van der Waals surface area contributed by atoms with Crippen molar-refractivity contribution in [2.24, 2.45) is 5.73 Å². The lowest BCUT2D eigenvalue weighted by Gasteiger charge is -2.24. The molecule has 1 aliphatic heterocycles. The van der Waals surface area contributed by atoms with Gasteiger partial charge in [0.2, 0.25) is 5.91 Å². The highest BCUT2D eigenvalue weighted by molar-refractivity contribution is 5.81. The van der Waals surface area contributed by atoms with Gasteiger partial charge in [0.25, 0.3) is 0 Å². The molecule has 0 aromatic rings. The number of hydrogen-bond acceptors (Lipinski definition) is 4. The summed E-state index contributed by atoms with van der Waals surface area (Å²) in [6.45, 7) is 1.68. The predicted octanol–water partition coefficient (Wildman–Crippen LogP) is -0.745. The summed E-state index contributed by atoms with van der Waals surface area (Å²) in [7, 11) is 1.53. The van der Waals surface area contributed by atoms with Crippen molar-refractivity contribution in [3.63, 3.8) is 0 Å². The van der Waals surface area contributed by atoms with Crippen LogP contribution in [0, 0.1) is 0 Å². The van der Waals surface area contributed by atoms with Crippen molar-refractivity contribution in [1.82, 2.24) is 5.32 Å². The van der Waals surface area contributed by atoms with Crippen molar-refractivity contribution >= 4 is 5.91 Å². The molecular weight excluding hydrogens is 184 g/mol. The van der Waals surface area contributed by atoms with Crippen molar-refractivity contribution < 1.29 is 14.3 Å². The zero-order chi connectivity index (χ0) is 10.4. The van der Waals surface area contributed by atoms with Gasteiger partial charge in [0.05, 0.1) is 6.61 Å². The maximum absolute atomic E-state index is 11.4. The highest BCUT2D eigenvalue weighted by Gasteiger charge is 2.19. The van der Waals surface area contributed by atoms with Crippen LogP contribution >= 0.6 is 0 Å². The van der Waals surface area contributed by atoms with Gasteiger partial charge in [0.1, 0.15) is 6.04 Å². The van der Waals surface area contributed by atoms with E-state index >= 15 is 0 Å². The van der Waals surface area contributed by atoms with Crippen molar-refractivity contribution in [3.8, 4) is 0 Å². The Morgan fingerprint density at radius 2 is 2.29 bits per heavy atom. The Labute approximate surface area is 83.9 Å². The first-order valence-electron chi connectivity index (χ1n) is 4.86. The molecule has 1 atom stereocenters. The minimum atomic E-state index is -0.567. The normalized spacial score (nSPS) is 20.4. The fourth-order valence-electron chi connectivity index (χ4n) is 1.41. The molecule has 1 aliphatic rings. The van der Waals surface area contributed by atoms with Gasteiger partial charge >= 0.3 is 0 Å². The number of amides is 1. The van der Waals surface area contributed by atoms with Crippen LogP contribution in [0.25, 0.3) is 0 Å². The third-order valence-corrected chi connectivity index (χ3v) is 2.25. The number of nitrogens with two attached hydrogens (primary N) is 1. The summed E-state index contributed by atoms with van der Waals surface area (Å²) in [6, 6.07) is -0.359. The van der Waals surface area contributed by atoms with E-state index < -0.39 is 6.04 Å².